The largest absolute Gasteiger partial charge is 0.256 e. The third kappa shape index (κ3) is 1.38. The Kier molecular flexibility index (Phi) is 2.14. The molecule has 2 rings (SSSR count). The Morgan fingerprint density at radius 1 is 1.23 bits per heavy atom. The Morgan fingerprint density at radius 2 is 2.00 bits per heavy atom. The van der Waals surface area contributed by atoms with Gasteiger partial charge in [-0.2, -0.15) is 0 Å². The van der Waals surface area contributed by atoms with Crippen molar-refractivity contribution in [1.29, 1.82) is 0 Å². The molecule has 1 heterocycles. The summed E-state index contributed by atoms with van der Waals surface area (Å²) < 4.78 is 0. The smallest absolute Gasteiger partial charge is 0.0732 e. The predicted octanol–water partition coefficient (Wildman–Crippen LogP) is 3.85. The van der Waals surface area contributed by atoms with Gasteiger partial charge in [-0.25, -0.2) is 0 Å². The summed E-state index contributed by atoms with van der Waals surface area (Å²) >= 11 is 12.1. The van der Waals surface area contributed by atoms with E-state index in [2.05, 4.69) is 4.98 Å². The molecule has 0 saturated heterocycles. The third-order valence-electron chi connectivity index (χ3n) is 1.95. The molecule has 0 aliphatic rings. The molecule has 0 unspecified atom stereocenters. The molecule has 1 nitrogen and oxygen atoms in total. The lowest BCUT2D eigenvalue weighted by Crippen LogP contribution is -1.84. The predicted molar refractivity (Wildman–Crippen MR) is 56.5 cm³/mol. The standard InChI is InChI=1S/C10H7Cl2N/c1-6-5-13-8-4-2-3-7(11)9(8)10(6)12/h2-5H,1H3. The first-order chi connectivity index (χ1) is 6.20. The van der Waals surface area contributed by atoms with Crippen molar-refractivity contribution < 1.29 is 0 Å². The van der Waals surface area contributed by atoms with Crippen molar-refractivity contribution in [3.05, 3.63) is 40.0 Å². The van der Waals surface area contributed by atoms with Crippen LogP contribution in [-0.2, 0) is 0 Å². The van der Waals surface area contributed by atoms with Gasteiger partial charge in [-0.3, -0.25) is 4.98 Å². The molecule has 0 aliphatic heterocycles. The normalized spacial score (nSPS) is 10.7. The minimum atomic E-state index is 0.652. The third-order valence-corrected chi connectivity index (χ3v) is 2.76. The van der Waals surface area contributed by atoms with Crippen LogP contribution in [0.2, 0.25) is 10.0 Å². The van der Waals surface area contributed by atoms with E-state index < -0.39 is 0 Å². The van der Waals surface area contributed by atoms with Gasteiger partial charge in [0.2, 0.25) is 0 Å². The first kappa shape index (κ1) is 8.79. The van der Waals surface area contributed by atoms with Gasteiger partial charge in [0, 0.05) is 11.6 Å². The second-order valence-electron chi connectivity index (χ2n) is 2.89. The van der Waals surface area contributed by atoms with Crippen molar-refractivity contribution in [3.8, 4) is 0 Å². The first-order valence-corrected chi connectivity index (χ1v) is 4.65. The monoisotopic (exact) mass is 211 g/mol. The number of halogens is 2. The summed E-state index contributed by atoms with van der Waals surface area (Å²) in [4.78, 5) is 4.23. The van der Waals surface area contributed by atoms with E-state index in [4.69, 9.17) is 23.2 Å². The molecule has 0 radical (unpaired) electrons. The summed E-state index contributed by atoms with van der Waals surface area (Å²) in [6.45, 7) is 1.91. The molecule has 2 aromatic rings. The van der Waals surface area contributed by atoms with Gasteiger partial charge in [0.1, 0.15) is 0 Å². The molecule has 13 heavy (non-hydrogen) atoms. The Labute approximate surface area is 86.3 Å². The fraction of sp³-hybridized carbons (Fsp3) is 0.100. The zero-order valence-electron chi connectivity index (χ0n) is 7.01. The molecular formula is C10H7Cl2N. The molecule has 0 saturated carbocycles. The lowest BCUT2D eigenvalue weighted by atomic mass is 10.2. The SMILES string of the molecule is Cc1cnc2cccc(Cl)c2c1Cl. The van der Waals surface area contributed by atoms with Crippen LogP contribution >= 0.6 is 23.2 Å². The molecule has 0 spiro atoms. The molecule has 0 aliphatic carbocycles. The summed E-state index contributed by atoms with van der Waals surface area (Å²) in [6, 6.07) is 5.58. The molecule has 3 heteroatoms. The van der Waals surface area contributed by atoms with Gasteiger partial charge in [0.05, 0.1) is 15.6 Å². The van der Waals surface area contributed by atoms with Gasteiger partial charge in [0.25, 0.3) is 0 Å². The Morgan fingerprint density at radius 3 is 2.77 bits per heavy atom. The highest BCUT2D eigenvalue weighted by molar-refractivity contribution is 6.42. The second kappa shape index (κ2) is 3.17. The zero-order valence-corrected chi connectivity index (χ0v) is 8.52. The van der Waals surface area contributed by atoms with Gasteiger partial charge in [0.15, 0.2) is 0 Å². The summed E-state index contributed by atoms with van der Waals surface area (Å²) in [6.07, 6.45) is 1.75. The molecule has 1 aromatic heterocycles. The van der Waals surface area contributed by atoms with Crippen molar-refractivity contribution in [2.24, 2.45) is 0 Å². The van der Waals surface area contributed by atoms with Crippen LogP contribution in [0.15, 0.2) is 24.4 Å². The number of rotatable bonds is 0. The van der Waals surface area contributed by atoms with E-state index >= 15 is 0 Å². The highest BCUT2D eigenvalue weighted by Gasteiger charge is 2.06. The quantitative estimate of drug-likeness (QED) is 0.646. The lowest BCUT2D eigenvalue weighted by Gasteiger charge is -2.03. The van der Waals surface area contributed by atoms with Crippen molar-refractivity contribution >= 4 is 34.1 Å². The van der Waals surface area contributed by atoms with Gasteiger partial charge < -0.3 is 0 Å². The van der Waals surface area contributed by atoms with Gasteiger partial charge in [-0.15, -0.1) is 0 Å². The second-order valence-corrected chi connectivity index (χ2v) is 3.67. The maximum atomic E-state index is 6.11. The molecular weight excluding hydrogens is 205 g/mol. The highest BCUT2D eigenvalue weighted by Crippen LogP contribution is 2.30. The van der Waals surface area contributed by atoms with Crippen LogP contribution in [0.5, 0.6) is 0 Å². The summed E-state index contributed by atoms with van der Waals surface area (Å²) in [5.74, 6) is 0. The summed E-state index contributed by atoms with van der Waals surface area (Å²) in [7, 11) is 0. The van der Waals surface area contributed by atoms with Crippen LogP contribution < -0.4 is 0 Å². The van der Waals surface area contributed by atoms with Crippen molar-refractivity contribution in [2.75, 3.05) is 0 Å². The average molecular weight is 212 g/mol. The molecule has 1 aromatic carbocycles. The van der Waals surface area contributed by atoms with Crippen LogP contribution in [0.3, 0.4) is 0 Å². The molecule has 0 fully saturated rings. The summed E-state index contributed by atoms with van der Waals surface area (Å²) in [5.41, 5.74) is 1.78. The number of hydrogen-bond donors (Lipinski definition) is 0. The van der Waals surface area contributed by atoms with E-state index in [0.29, 0.717) is 10.0 Å². The number of fused-ring (bicyclic) bond motifs is 1. The molecule has 66 valence electrons. The van der Waals surface area contributed by atoms with Crippen LogP contribution in [-0.4, -0.2) is 4.98 Å². The van der Waals surface area contributed by atoms with Crippen LogP contribution in [0.25, 0.3) is 10.9 Å². The number of nitrogens with zero attached hydrogens (tertiary/aromatic N) is 1. The Bertz CT molecular complexity index is 466. The van der Waals surface area contributed by atoms with E-state index in [1.165, 1.54) is 0 Å². The molecule has 0 amide bonds. The van der Waals surface area contributed by atoms with E-state index in [1.807, 2.05) is 25.1 Å². The fourth-order valence-electron chi connectivity index (χ4n) is 1.26. The zero-order chi connectivity index (χ0) is 9.42. The van der Waals surface area contributed by atoms with Gasteiger partial charge >= 0.3 is 0 Å². The summed E-state index contributed by atoms with van der Waals surface area (Å²) in [5, 5.41) is 2.18. The van der Waals surface area contributed by atoms with Gasteiger partial charge in [-0.05, 0) is 24.6 Å². The average Bonchev–Trinajstić information content (AvgIpc) is 2.12. The molecule has 0 bridgehead atoms. The fourth-order valence-corrected chi connectivity index (χ4v) is 1.82. The lowest BCUT2D eigenvalue weighted by molar-refractivity contribution is 1.33. The van der Waals surface area contributed by atoms with Crippen LogP contribution in [0, 0.1) is 6.92 Å². The van der Waals surface area contributed by atoms with E-state index in [9.17, 15) is 0 Å². The van der Waals surface area contributed by atoms with Crippen LogP contribution in [0.4, 0.5) is 0 Å². The molecule has 0 N–H and O–H groups in total. The van der Waals surface area contributed by atoms with Crippen molar-refractivity contribution in [3.63, 3.8) is 0 Å². The first-order valence-electron chi connectivity index (χ1n) is 3.89. The van der Waals surface area contributed by atoms with E-state index in [-0.39, 0.29) is 0 Å². The minimum absolute atomic E-state index is 0.652. The molecule has 0 atom stereocenters. The number of hydrogen-bond acceptors (Lipinski definition) is 1. The van der Waals surface area contributed by atoms with Crippen molar-refractivity contribution in [2.45, 2.75) is 6.92 Å². The van der Waals surface area contributed by atoms with E-state index in [0.717, 1.165) is 16.5 Å². The van der Waals surface area contributed by atoms with Crippen molar-refractivity contribution in [1.82, 2.24) is 4.98 Å². The topological polar surface area (TPSA) is 12.9 Å². The number of pyridine rings is 1. The maximum absolute atomic E-state index is 6.11. The Balaban J connectivity index is 2.97. The number of aromatic nitrogens is 1. The van der Waals surface area contributed by atoms with Crippen LogP contribution in [0.1, 0.15) is 5.56 Å². The highest BCUT2D eigenvalue weighted by atomic mass is 35.5. The number of benzene rings is 1. The van der Waals surface area contributed by atoms with E-state index in [1.54, 1.807) is 6.20 Å². The maximum Gasteiger partial charge on any atom is 0.0732 e. The number of aryl methyl sites for hydroxylation is 1. The Hall–Kier alpha value is -0.790. The minimum Gasteiger partial charge on any atom is -0.256 e. The van der Waals surface area contributed by atoms with Gasteiger partial charge in [-0.1, -0.05) is 29.3 Å².